The predicted molar refractivity (Wildman–Crippen MR) is 81.3 cm³/mol. The van der Waals surface area contributed by atoms with Crippen molar-refractivity contribution >= 4 is 17.3 Å². The summed E-state index contributed by atoms with van der Waals surface area (Å²) < 4.78 is 5.75. The summed E-state index contributed by atoms with van der Waals surface area (Å²) in [5, 5.41) is 7.63. The summed E-state index contributed by atoms with van der Waals surface area (Å²) in [6.45, 7) is 6.09. The van der Waals surface area contributed by atoms with Gasteiger partial charge in [-0.2, -0.15) is 0 Å². The van der Waals surface area contributed by atoms with Crippen LogP contribution in [0.15, 0.2) is 18.2 Å². The molecule has 1 aliphatic heterocycles. The maximum atomic E-state index is 6.07. The second-order valence-electron chi connectivity index (χ2n) is 5.06. The van der Waals surface area contributed by atoms with Gasteiger partial charge < -0.3 is 15.4 Å². The molecular formula is C15H23ClN2O. The first kappa shape index (κ1) is 14.5. The van der Waals surface area contributed by atoms with Gasteiger partial charge in [0.15, 0.2) is 0 Å². The van der Waals surface area contributed by atoms with Gasteiger partial charge >= 0.3 is 0 Å². The summed E-state index contributed by atoms with van der Waals surface area (Å²) in [5.41, 5.74) is 1.01. The van der Waals surface area contributed by atoms with Gasteiger partial charge in [0.25, 0.3) is 0 Å². The van der Waals surface area contributed by atoms with Crippen LogP contribution in [0.5, 0.6) is 5.75 Å². The van der Waals surface area contributed by atoms with Crippen molar-refractivity contribution in [2.75, 3.05) is 31.6 Å². The van der Waals surface area contributed by atoms with E-state index >= 15 is 0 Å². The van der Waals surface area contributed by atoms with Crippen LogP contribution in [0.2, 0.25) is 5.02 Å². The lowest BCUT2D eigenvalue weighted by Gasteiger charge is -2.24. The highest BCUT2D eigenvalue weighted by Gasteiger charge is 2.13. The van der Waals surface area contributed by atoms with Gasteiger partial charge in [0.05, 0.1) is 12.3 Å². The Morgan fingerprint density at radius 1 is 1.37 bits per heavy atom. The average molecular weight is 283 g/mol. The van der Waals surface area contributed by atoms with E-state index in [0.717, 1.165) is 55.0 Å². The Balaban J connectivity index is 1.94. The minimum atomic E-state index is 0.735. The summed E-state index contributed by atoms with van der Waals surface area (Å²) in [4.78, 5) is 0. The Labute approximate surface area is 120 Å². The minimum absolute atomic E-state index is 0.735. The molecule has 0 saturated carbocycles. The number of anilines is 1. The van der Waals surface area contributed by atoms with Crippen LogP contribution in [-0.2, 0) is 0 Å². The van der Waals surface area contributed by atoms with Gasteiger partial charge in [-0.3, -0.25) is 0 Å². The highest BCUT2D eigenvalue weighted by molar-refractivity contribution is 6.30. The summed E-state index contributed by atoms with van der Waals surface area (Å²) >= 11 is 6.07. The molecule has 19 heavy (non-hydrogen) atoms. The third-order valence-corrected chi connectivity index (χ3v) is 3.68. The van der Waals surface area contributed by atoms with Crippen molar-refractivity contribution in [2.24, 2.45) is 5.92 Å². The molecule has 2 rings (SSSR count). The van der Waals surface area contributed by atoms with Crippen LogP contribution in [0.3, 0.4) is 0 Å². The van der Waals surface area contributed by atoms with Crippen LogP contribution in [-0.4, -0.2) is 26.2 Å². The molecule has 0 atom stereocenters. The first-order chi connectivity index (χ1) is 9.29. The van der Waals surface area contributed by atoms with Crippen LogP contribution >= 0.6 is 11.6 Å². The molecule has 0 aromatic heterocycles. The molecule has 4 heteroatoms. The molecule has 0 bridgehead atoms. The largest absolute Gasteiger partial charge is 0.491 e. The molecule has 1 fully saturated rings. The van der Waals surface area contributed by atoms with Crippen molar-refractivity contribution in [3.63, 3.8) is 0 Å². The Bertz CT molecular complexity index is 392. The normalized spacial score (nSPS) is 16.3. The van der Waals surface area contributed by atoms with E-state index in [-0.39, 0.29) is 0 Å². The second-order valence-corrected chi connectivity index (χ2v) is 5.50. The van der Waals surface area contributed by atoms with Crippen molar-refractivity contribution < 1.29 is 4.74 Å². The third-order valence-electron chi connectivity index (χ3n) is 3.44. The molecule has 106 valence electrons. The van der Waals surface area contributed by atoms with Gasteiger partial charge in [0.1, 0.15) is 5.75 Å². The van der Waals surface area contributed by atoms with Gasteiger partial charge in [0.2, 0.25) is 0 Å². The molecule has 1 heterocycles. The first-order valence-electron chi connectivity index (χ1n) is 7.16. The fourth-order valence-electron chi connectivity index (χ4n) is 2.32. The topological polar surface area (TPSA) is 33.3 Å². The second kappa shape index (κ2) is 7.61. The maximum absolute atomic E-state index is 6.07. The van der Waals surface area contributed by atoms with Crippen molar-refractivity contribution in [3.8, 4) is 5.75 Å². The zero-order chi connectivity index (χ0) is 13.5. The smallest absolute Gasteiger partial charge is 0.142 e. The number of nitrogens with one attached hydrogen (secondary N) is 2. The molecule has 0 radical (unpaired) electrons. The first-order valence-corrected chi connectivity index (χ1v) is 7.54. The van der Waals surface area contributed by atoms with Crippen molar-refractivity contribution in [1.82, 2.24) is 5.32 Å². The average Bonchev–Trinajstić information content (AvgIpc) is 2.45. The van der Waals surface area contributed by atoms with E-state index in [2.05, 4.69) is 17.6 Å². The summed E-state index contributed by atoms with van der Waals surface area (Å²) in [6, 6.07) is 5.78. The molecule has 3 nitrogen and oxygen atoms in total. The molecule has 2 N–H and O–H groups in total. The van der Waals surface area contributed by atoms with Gasteiger partial charge in [0, 0.05) is 11.6 Å². The SMILES string of the molecule is CCCOc1ccc(Cl)cc1NCC1CCNCC1. The maximum Gasteiger partial charge on any atom is 0.142 e. The molecule has 1 aromatic rings. The third kappa shape index (κ3) is 4.59. The molecule has 1 aliphatic rings. The number of halogens is 1. The van der Waals surface area contributed by atoms with E-state index < -0.39 is 0 Å². The van der Waals surface area contributed by atoms with E-state index in [1.54, 1.807) is 0 Å². The molecule has 0 aliphatic carbocycles. The summed E-state index contributed by atoms with van der Waals surface area (Å²) in [6.07, 6.45) is 3.48. The van der Waals surface area contributed by atoms with E-state index in [0.29, 0.717) is 0 Å². The number of hydrogen-bond donors (Lipinski definition) is 2. The standard InChI is InChI=1S/C15H23ClN2O/c1-2-9-19-15-4-3-13(16)10-14(15)18-11-12-5-7-17-8-6-12/h3-4,10,12,17-18H,2,5-9,11H2,1H3. The predicted octanol–water partition coefficient (Wildman–Crippen LogP) is 3.54. The van der Waals surface area contributed by atoms with E-state index in [4.69, 9.17) is 16.3 Å². The minimum Gasteiger partial charge on any atom is -0.491 e. The summed E-state index contributed by atoms with van der Waals surface area (Å²) in [5.74, 6) is 1.64. The summed E-state index contributed by atoms with van der Waals surface area (Å²) in [7, 11) is 0. The molecule has 0 amide bonds. The molecule has 0 unspecified atom stereocenters. The quantitative estimate of drug-likeness (QED) is 0.837. The number of ether oxygens (including phenoxy) is 1. The zero-order valence-electron chi connectivity index (χ0n) is 11.5. The Morgan fingerprint density at radius 3 is 2.89 bits per heavy atom. The van der Waals surface area contributed by atoms with Crippen LogP contribution < -0.4 is 15.4 Å². The van der Waals surface area contributed by atoms with E-state index in [9.17, 15) is 0 Å². The van der Waals surface area contributed by atoms with E-state index in [1.165, 1.54) is 12.8 Å². The van der Waals surface area contributed by atoms with Crippen LogP contribution in [0.25, 0.3) is 0 Å². The highest BCUT2D eigenvalue weighted by atomic mass is 35.5. The monoisotopic (exact) mass is 282 g/mol. The van der Waals surface area contributed by atoms with Crippen molar-refractivity contribution in [2.45, 2.75) is 26.2 Å². The molecule has 1 aromatic carbocycles. The highest BCUT2D eigenvalue weighted by Crippen LogP contribution is 2.28. The lowest BCUT2D eigenvalue weighted by Crippen LogP contribution is -2.31. The van der Waals surface area contributed by atoms with Gasteiger partial charge in [-0.15, -0.1) is 0 Å². The van der Waals surface area contributed by atoms with Crippen molar-refractivity contribution in [3.05, 3.63) is 23.2 Å². The number of rotatable bonds is 6. The fraction of sp³-hybridized carbons (Fsp3) is 0.600. The van der Waals surface area contributed by atoms with Crippen LogP contribution in [0.1, 0.15) is 26.2 Å². The lowest BCUT2D eigenvalue weighted by atomic mass is 9.98. The molecule has 0 spiro atoms. The number of benzene rings is 1. The Hall–Kier alpha value is -0.930. The fourth-order valence-corrected chi connectivity index (χ4v) is 2.49. The van der Waals surface area contributed by atoms with Crippen LogP contribution in [0, 0.1) is 5.92 Å². The number of hydrogen-bond acceptors (Lipinski definition) is 3. The Morgan fingerprint density at radius 2 is 2.16 bits per heavy atom. The van der Waals surface area contributed by atoms with E-state index in [1.807, 2.05) is 18.2 Å². The van der Waals surface area contributed by atoms with Gasteiger partial charge in [-0.25, -0.2) is 0 Å². The zero-order valence-corrected chi connectivity index (χ0v) is 12.3. The lowest BCUT2D eigenvalue weighted by molar-refractivity contribution is 0.318. The van der Waals surface area contributed by atoms with Gasteiger partial charge in [-0.05, 0) is 56.5 Å². The van der Waals surface area contributed by atoms with Crippen LogP contribution in [0.4, 0.5) is 5.69 Å². The number of piperidine rings is 1. The van der Waals surface area contributed by atoms with Crippen molar-refractivity contribution in [1.29, 1.82) is 0 Å². The Kier molecular flexibility index (Phi) is 5.80. The molecule has 1 saturated heterocycles. The molecular weight excluding hydrogens is 260 g/mol. The van der Waals surface area contributed by atoms with Gasteiger partial charge in [-0.1, -0.05) is 18.5 Å².